The SMILES string of the molecule is O=C1c2cccc3c(CCO)ccc(c23)C(=O)N1CCNCCCN(CCN1C(=O)c2cccc3c(-n4ccnc4)ccc(c23)C1=O)c1ccccc1. The highest BCUT2D eigenvalue weighted by Crippen LogP contribution is 2.34. The number of amides is 4. The van der Waals surface area contributed by atoms with Gasteiger partial charge in [-0.25, -0.2) is 4.98 Å². The molecule has 11 nitrogen and oxygen atoms in total. The standard InChI is InChI=1S/C42H38N6O5/c49-26-17-28-13-14-34-37-30(28)9-4-11-32(37)39(50)47(41(34)52)23-20-43-18-6-21-45(29-7-2-1-3-8-29)24-25-48-40(51)33-12-5-10-31-36(46-22-19-44-27-46)16-15-35(38(31)33)42(48)53/h1-5,7-16,19,22,27,43,49H,6,17-18,20-21,23-26H2. The van der Waals surface area contributed by atoms with Crippen LogP contribution in [-0.4, -0.2) is 94.0 Å². The number of imidazole rings is 1. The molecule has 0 radical (unpaired) electrons. The van der Waals surface area contributed by atoms with Crippen molar-refractivity contribution in [3.63, 3.8) is 0 Å². The normalized spacial score (nSPS) is 13.8. The molecule has 0 fully saturated rings. The molecule has 2 aliphatic heterocycles. The molecule has 4 amide bonds. The van der Waals surface area contributed by atoms with Crippen molar-refractivity contribution >= 4 is 50.9 Å². The number of hydrogen-bond donors (Lipinski definition) is 2. The number of carbonyl (C=O) groups excluding carboxylic acids is 4. The zero-order valence-electron chi connectivity index (χ0n) is 29.1. The molecule has 8 rings (SSSR count). The zero-order chi connectivity index (χ0) is 36.5. The van der Waals surface area contributed by atoms with E-state index in [-0.39, 0.29) is 43.3 Å². The third-order valence-corrected chi connectivity index (χ3v) is 10.2. The Morgan fingerprint density at radius 3 is 1.96 bits per heavy atom. The van der Waals surface area contributed by atoms with Gasteiger partial charge < -0.3 is 19.9 Å². The number of carbonyl (C=O) groups is 4. The Balaban J connectivity index is 0.900. The Labute approximate surface area is 306 Å². The van der Waals surface area contributed by atoms with Gasteiger partial charge >= 0.3 is 0 Å². The Morgan fingerprint density at radius 2 is 1.28 bits per heavy atom. The third-order valence-electron chi connectivity index (χ3n) is 10.2. The molecular formula is C42H38N6O5. The van der Waals surface area contributed by atoms with Gasteiger partial charge in [-0.05, 0) is 72.8 Å². The largest absolute Gasteiger partial charge is 0.396 e. The minimum Gasteiger partial charge on any atom is -0.396 e. The number of hydrogen-bond acceptors (Lipinski definition) is 8. The molecule has 2 aliphatic rings. The number of nitrogens with one attached hydrogen (secondary N) is 1. The summed E-state index contributed by atoms with van der Waals surface area (Å²) < 4.78 is 1.87. The first kappa shape index (κ1) is 33.9. The van der Waals surface area contributed by atoms with Gasteiger partial charge in [-0.15, -0.1) is 0 Å². The predicted molar refractivity (Wildman–Crippen MR) is 203 cm³/mol. The lowest BCUT2D eigenvalue weighted by Gasteiger charge is -2.31. The van der Waals surface area contributed by atoms with Crippen LogP contribution in [0, 0.1) is 0 Å². The van der Waals surface area contributed by atoms with Gasteiger partial charge in [0.2, 0.25) is 0 Å². The quantitative estimate of drug-likeness (QED) is 0.119. The predicted octanol–water partition coefficient (Wildman–Crippen LogP) is 5.09. The summed E-state index contributed by atoms with van der Waals surface area (Å²) >= 11 is 0. The Kier molecular flexibility index (Phi) is 9.26. The second-order valence-corrected chi connectivity index (χ2v) is 13.3. The molecule has 0 aliphatic carbocycles. The maximum atomic E-state index is 13.8. The molecule has 11 heteroatoms. The zero-order valence-corrected chi connectivity index (χ0v) is 29.1. The van der Waals surface area contributed by atoms with Crippen LogP contribution in [0.3, 0.4) is 0 Å². The van der Waals surface area contributed by atoms with Crippen molar-refractivity contribution in [2.24, 2.45) is 0 Å². The first-order valence-corrected chi connectivity index (χ1v) is 17.9. The maximum absolute atomic E-state index is 13.8. The fourth-order valence-electron chi connectivity index (χ4n) is 7.65. The number of aliphatic hydroxyl groups is 1. The lowest BCUT2D eigenvalue weighted by atomic mass is 9.90. The summed E-state index contributed by atoms with van der Waals surface area (Å²) in [6.07, 6.45) is 6.42. The van der Waals surface area contributed by atoms with E-state index in [9.17, 15) is 24.3 Å². The summed E-state index contributed by atoms with van der Waals surface area (Å²) in [5.74, 6) is -1.25. The van der Waals surface area contributed by atoms with E-state index in [0.717, 1.165) is 34.1 Å². The van der Waals surface area contributed by atoms with E-state index >= 15 is 0 Å². The van der Waals surface area contributed by atoms with E-state index in [2.05, 4.69) is 15.2 Å². The van der Waals surface area contributed by atoms with Crippen LogP contribution in [0.5, 0.6) is 0 Å². The Morgan fingerprint density at radius 1 is 0.642 bits per heavy atom. The number of aliphatic hydroxyl groups excluding tert-OH is 1. The molecule has 0 atom stereocenters. The lowest BCUT2D eigenvalue weighted by Crippen LogP contribution is -2.45. The molecule has 0 saturated carbocycles. The molecule has 53 heavy (non-hydrogen) atoms. The first-order valence-electron chi connectivity index (χ1n) is 17.9. The van der Waals surface area contributed by atoms with Crippen LogP contribution in [0.2, 0.25) is 0 Å². The number of imide groups is 2. The molecule has 0 spiro atoms. The minimum absolute atomic E-state index is 0.0133. The first-order chi connectivity index (χ1) is 26.0. The van der Waals surface area contributed by atoms with Crippen LogP contribution >= 0.6 is 0 Å². The number of aromatic nitrogens is 2. The summed E-state index contributed by atoms with van der Waals surface area (Å²) in [6, 6.07) is 28.2. The van der Waals surface area contributed by atoms with E-state index < -0.39 is 0 Å². The van der Waals surface area contributed by atoms with Gasteiger partial charge in [0, 0.05) is 95.8 Å². The van der Waals surface area contributed by atoms with Gasteiger partial charge in [-0.3, -0.25) is 29.0 Å². The van der Waals surface area contributed by atoms with Gasteiger partial charge in [0.05, 0.1) is 12.0 Å². The molecular weight excluding hydrogens is 668 g/mol. The second-order valence-electron chi connectivity index (χ2n) is 13.3. The van der Waals surface area contributed by atoms with Crippen molar-refractivity contribution in [2.45, 2.75) is 12.8 Å². The van der Waals surface area contributed by atoms with Crippen LogP contribution < -0.4 is 10.2 Å². The average Bonchev–Trinajstić information content (AvgIpc) is 3.73. The molecule has 266 valence electrons. The molecule has 6 aromatic rings. The van der Waals surface area contributed by atoms with E-state index in [1.807, 2.05) is 77.5 Å². The van der Waals surface area contributed by atoms with Gasteiger partial charge in [-0.1, -0.05) is 48.5 Å². The van der Waals surface area contributed by atoms with E-state index in [1.165, 1.54) is 9.80 Å². The second kappa shape index (κ2) is 14.5. The van der Waals surface area contributed by atoms with Crippen LogP contribution in [0.1, 0.15) is 53.4 Å². The molecule has 0 bridgehead atoms. The monoisotopic (exact) mass is 706 g/mol. The van der Waals surface area contributed by atoms with Crippen LogP contribution in [0.25, 0.3) is 27.2 Å². The number of benzene rings is 5. The van der Waals surface area contributed by atoms with E-state index in [0.29, 0.717) is 65.6 Å². The molecule has 2 N–H and O–H groups in total. The molecule has 0 unspecified atom stereocenters. The summed E-state index contributed by atoms with van der Waals surface area (Å²) in [5.41, 5.74) is 4.76. The Hall–Kier alpha value is -6.17. The number of para-hydroxylation sites is 1. The average molecular weight is 707 g/mol. The van der Waals surface area contributed by atoms with Crippen LogP contribution in [0.15, 0.2) is 110 Å². The topological polar surface area (TPSA) is 128 Å². The van der Waals surface area contributed by atoms with Crippen molar-refractivity contribution in [1.82, 2.24) is 24.7 Å². The van der Waals surface area contributed by atoms with Crippen LogP contribution in [0.4, 0.5) is 5.69 Å². The molecule has 5 aromatic carbocycles. The summed E-state index contributed by atoms with van der Waals surface area (Å²) in [5, 5.41) is 15.8. The fraction of sp³-hybridized carbons (Fsp3) is 0.214. The summed E-state index contributed by atoms with van der Waals surface area (Å²) in [7, 11) is 0. The number of anilines is 1. The third kappa shape index (κ3) is 6.13. The number of rotatable bonds is 14. The molecule has 0 saturated heterocycles. The minimum atomic E-state index is -0.314. The van der Waals surface area contributed by atoms with Crippen molar-refractivity contribution in [3.8, 4) is 5.69 Å². The Bertz CT molecular complexity index is 2330. The van der Waals surface area contributed by atoms with Gasteiger partial charge in [0.25, 0.3) is 23.6 Å². The summed E-state index contributed by atoms with van der Waals surface area (Å²) in [4.78, 5) is 63.5. The van der Waals surface area contributed by atoms with Crippen molar-refractivity contribution in [1.29, 1.82) is 0 Å². The van der Waals surface area contributed by atoms with Gasteiger partial charge in [0.1, 0.15) is 0 Å². The van der Waals surface area contributed by atoms with Crippen molar-refractivity contribution in [3.05, 3.63) is 138 Å². The molecule has 1 aromatic heterocycles. The highest BCUT2D eigenvalue weighted by atomic mass is 16.3. The van der Waals surface area contributed by atoms with Crippen molar-refractivity contribution < 1.29 is 24.3 Å². The highest BCUT2D eigenvalue weighted by molar-refractivity contribution is 6.27. The summed E-state index contributed by atoms with van der Waals surface area (Å²) in [6.45, 7) is 2.59. The van der Waals surface area contributed by atoms with Gasteiger partial charge in [0.15, 0.2) is 0 Å². The lowest BCUT2D eigenvalue weighted by molar-refractivity contribution is 0.0598. The molecule has 3 heterocycles. The van der Waals surface area contributed by atoms with Crippen LogP contribution in [-0.2, 0) is 6.42 Å². The van der Waals surface area contributed by atoms with Gasteiger partial charge in [-0.2, -0.15) is 0 Å². The van der Waals surface area contributed by atoms with E-state index in [1.54, 1.807) is 36.8 Å². The fourth-order valence-corrected chi connectivity index (χ4v) is 7.65. The maximum Gasteiger partial charge on any atom is 0.261 e. The van der Waals surface area contributed by atoms with Crippen molar-refractivity contribution in [2.75, 3.05) is 50.8 Å². The smallest absolute Gasteiger partial charge is 0.261 e. The highest BCUT2D eigenvalue weighted by Gasteiger charge is 2.34. The van der Waals surface area contributed by atoms with E-state index in [4.69, 9.17) is 0 Å². The number of nitrogens with zero attached hydrogens (tertiary/aromatic N) is 5.